The molecule has 1 aliphatic carbocycles. The predicted octanol–water partition coefficient (Wildman–Crippen LogP) is -2.20. The molecule has 0 fully saturated rings. The van der Waals surface area contributed by atoms with Gasteiger partial charge in [0.1, 0.15) is 0 Å². The molecule has 0 radical (unpaired) electrons. The topological polar surface area (TPSA) is 161 Å². The molecule has 0 heterocycles. The minimum Gasteiger partial charge on any atom is -0.355 e. The Hall–Kier alpha value is -1.86. The van der Waals surface area contributed by atoms with Gasteiger partial charge in [-0.2, -0.15) is 8.42 Å². The van der Waals surface area contributed by atoms with Crippen molar-refractivity contribution in [3.63, 3.8) is 0 Å². The van der Waals surface area contributed by atoms with Crippen molar-refractivity contribution < 1.29 is 60.5 Å². The molecule has 12 heteroatoms. The molecule has 28 heavy (non-hydrogen) atoms. The summed E-state index contributed by atoms with van der Waals surface area (Å²) in [6.45, 7) is 0. The van der Waals surface area contributed by atoms with Gasteiger partial charge in [0.25, 0.3) is 10.1 Å². The van der Waals surface area contributed by atoms with Crippen LogP contribution in [0.1, 0.15) is 15.9 Å². The van der Waals surface area contributed by atoms with Crippen LogP contribution in [0.2, 0.25) is 0 Å². The number of ketones is 2. The zero-order valence-corrected chi connectivity index (χ0v) is 18.0. The molecule has 0 atom stereocenters. The zero-order chi connectivity index (χ0) is 20.0. The average Bonchev–Trinajstić information content (AvgIpc) is 2.58. The molecule has 0 saturated heterocycles. The number of carbonyl (C=O) groups is 2. The van der Waals surface area contributed by atoms with E-state index >= 15 is 0 Å². The van der Waals surface area contributed by atoms with Crippen molar-refractivity contribution in [2.24, 2.45) is 5.14 Å². The van der Waals surface area contributed by atoms with E-state index in [-0.39, 0.29) is 51.3 Å². The summed E-state index contributed by atoms with van der Waals surface area (Å²) >= 11 is 0. The number of fused-ring (bicyclic) bond motifs is 1. The standard InChI is InChI=1S/C16H12N2O7S2.Na/c17-26(21,22)10-3-1-9(2-4-10)18-14-8-15(19)16(20)12-6-5-11(7-13(12)14)27(23,24)25;/h1-8,18H,(H2,17,21,22)(H,23,24,25);/q;+1. The van der Waals surface area contributed by atoms with E-state index in [2.05, 4.69) is 5.32 Å². The third-order valence-electron chi connectivity index (χ3n) is 3.78. The maximum atomic E-state index is 12.0. The third-order valence-corrected chi connectivity index (χ3v) is 5.56. The molecule has 1 aliphatic rings. The maximum Gasteiger partial charge on any atom is 1.00 e. The molecule has 0 unspecified atom stereocenters. The molecule has 140 valence electrons. The van der Waals surface area contributed by atoms with Crippen LogP contribution >= 0.6 is 0 Å². The predicted molar refractivity (Wildman–Crippen MR) is 95.0 cm³/mol. The number of nitrogens with two attached hydrogens (primary N) is 1. The van der Waals surface area contributed by atoms with Crippen LogP contribution in [0.15, 0.2) is 58.3 Å². The van der Waals surface area contributed by atoms with Gasteiger partial charge in [0.2, 0.25) is 21.6 Å². The smallest absolute Gasteiger partial charge is 0.355 e. The first-order valence-electron chi connectivity index (χ1n) is 7.29. The van der Waals surface area contributed by atoms with E-state index in [0.717, 1.165) is 24.3 Å². The quantitative estimate of drug-likeness (QED) is 0.279. The van der Waals surface area contributed by atoms with E-state index in [1.54, 1.807) is 0 Å². The first-order valence-corrected chi connectivity index (χ1v) is 10.3. The summed E-state index contributed by atoms with van der Waals surface area (Å²) < 4.78 is 54.5. The summed E-state index contributed by atoms with van der Waals surface area (Å²) in [5.41, 5.74) is 0.547. The number of anilines is 1. The fourth-order valence-corrected chi connectivity index (χ4v) is 3.52. The molecule has 0 saturated carbocycles. The van der Waals surface area contributed by atoms with E-state index < -0.39 is 36.6 Å². The van der Waals surface area contributed by atoms with E-state index in [4.69, 9.17) is 5.14 Å². The van der Waals surface area contributed by atoms with Crippen LogP contribution in [0.3, 0.4) is 0 Å². The first-order chi connectivity index (χ1) is 12.5. The number of Topliss-reactive ketones (excluding diaryl/α,β-unsaturated/α-hetero) is 1. The summed E-state index contributed by atoms with van der Waals surface area (Å²) in [7, 11) is -8.39. The van der Waals surface area contributed by atoms with Gasteiger partial charge in [-0.3, -0.25) is 14.1 Å². The Labute approximate surface area is 182 Å². The number of primary sulfonamides is 1. The van der Waals surface area contributed by atoms with E-state index in [1.165, 1.54) is 24.3 Å². The normalized spacial score (nSPS) is 14.0. The molecular formula is C16H12N2NaO7S2+. The van der Waals surface area contributed by atoms with Crippen LogP contribution < -0.4 is 40.0 Å². The second kappa shape index (κ2) is 7.87. The maximum absolute atomic E-state index is 12.0. The van der Waals surface area contributed by atoms with Crippen molar-refractivity contribution in [1.29, 1.82) is 0 Å². The van der Waals surface area contributed by atoms with Crippen molar-refractivity contribution in [3.05, 3.63) is 59.7 Å². The number of allylic oxidation sites excluding steroid dienone is 1. The molecule has 2 aromatic rings. The van der Waals surface area contributed by atoms with Gasteiger partial charge in [-0.15, -0.1) is 0 Å². The summed E-state index contributed by atoms with van der Waals surface area (Å²) in [6, 6.07) is 8.46. The van der Waals surface area contributed by atoms with Crippen LogP contribution in [-0.2, 0) is 24.9 Å². The van der Waals surface area contributed by atoms with E-state index in [0.29, 0.717) is 5.69 Å². The Morgan fingerprint density at radius 2 is 1.43 bits per heavy atom. The molecule has 0 bridgehead atoms. The van der Waals surface area contributed by atoms with Crippen molar-refractivity contribution in [1.82, 2.24) is 0 Å². The molecule has 0 amide bonds. The number of carbonyl (C=O) groups excluding carboxylic acids is 2. The minimum absolute atomic E-state index is 0. The Kier molecular flexibility index (Phi) is 6.31. The fraction of sp³-hybridized carbons (Fsp3) is 0. The molecule has 9 nitrogen and oxygen atoms in total. The van der Waals surface area contributed by atoms with Crippen molar-refractivity contribution in [2.75, 3.05) is 5.32 Å². The SMILES string of the molecule is NS(=O)(=O)c1ccc(NC2=CC(=O)C(=O)c3ccc(S(=O)(=O)O)cc32)cc1.[Na+]. The summed E-state index contributed by atoms with van der Waals surface area (Å²) in [5.74, 6) is -1.63. The van der Waals surface area contributed by atoms with Crippen molar-refractivity contribution in [2.45, 2.75) is 9.79 Å². The van der Waals surface area contributed by atoms with Gasteiger partial charge in [0.15, 0.2) is 0 Å². The van der Waals surface area contributed by atoms with Crippen LogP contribution in [-0.4, -0.2) is 33.0 Å². The van der Waals surface area contributed by atoms with Crippen LogP contribution in [0, 0.1) is 0 Å². The van der Waals surface area contributed by atoms with Gasteiger partial charge in [0.05, 0.1) is 15.5 Å². The van der Waals surface area contributed by atoms with Gasteiger partial charge in [0, 0.05) is 22.9 Å². The molecular weight excluding hydrogens is 419 g/mol. The zero-order valence-electron chi connectivity index (χ0n) is 14.4. The van der Waals surface area contributed by atoms with Gasteiger partial charge < -0.3 is 5.32 Å². The molecule has 0 aromatic heterocycles. The molecule has 0 aliphatic heterocycles. The minimum atomic E-state index is -4.52. The Morgan fingerprint density at radius 3 is 1.96 bits per heavy atom. The summed E-state index contributed by atoms with van der Waals surface area (Å²) in [4.78, 5) is 23.3. The van der Waals surface area contributed by atoms with Crippen molar-refractivity contribution >= 4 is 43.1 Å². The van der Waals surface area contributed by atoms with E-state index in [1.807, 2.05) is 0 Å². The van der Waals surface area contributed by atoms with Crippen LogP contribution in [0.25, 0.3) is 5.70 Å². The number of hydrogen-bond donors (Lipinski definition) is 3. The molecule has 3 rings (SSSR count). The first kappa shape index (κ1) is 22.4. The second-order valence-corrected chi connectivity index (χ2v) is 8.61. The monoisotopic (exact) mass is 431 g/mol. The van der Waals surface area contributed by atoms with Crippen LogP contribution in [0.5, 0.6) is 0 Å². The Morgan fingerprint density at radius 1 is 0.857 bits per heavy atom. The largest absolute Gasteiger partial charge is 1.00 e. The summed E-state index contributed by atoms with van der Waals surface area (Å²) in [6.07, 6.45) is 0.992. The van der Waals surface area contributed by atoms with Crippen LogP contribution in [0.4, 0.5) is 5.69 Å². The number of nitrogens with one attached hydrogen (secondary N) is 1. The molecule has 4 N–H and O–H groups in total. The number of rotatable bonds is 4. The summed E-state index contributed by atoms with van der Waals surface area (Å²) in [5, 5.41) is 7.84. The van der Waals surface area contributed by atoms with E-state index in [9.17, 15) is 31.0 Å². The Bertz CT molecular complexity index is 1220. The number of hydrogen-bond acceptors (Lipinski definition) is 7. The van der Waals surface area contributed by atoms with Gasteiger partial charge >= 0.3 is 29.6 Å². The fourth-order valence-electron chi connectivity index (χ4n) is 2.50. The number of benzene rings is 2. The number of sulfonamides is 1. The van der Waals surface area contributed by atoms with Gasteiger partial charge in [-0.05, 0) is 42.5 Å². The Balaban J connectivity index is 0.00000280. The second-order valence-electron chi connectivity index (χ2n) is 5.63. The molecule has 2 aromatic carbocycles. The third kappa shape index (κ3) is 4.58. The molecule has 0 spiro atoms. The van der Waals surface area contributed by atoms with Gasteiger partial charge in [-0.25, -0.2) is 13.6 Å². The van der Waals surface area contributed by atoms with Gasteiger partial charge in [-0.1, -0.05) is 0 Å². The average molecular weight is 431 g/mol. The van der Waals surface area contributed by atoms with Crippen molar-refractivity contribution in [3.8, 4) is 0 Å².